The van der Waals surface area contributed by atoms with Gasteiger partial charge in [0.15, 0.2) is 5.78 Å². The summed E-state index contributed by atoms with van der Waals surface area (Å²) in [5, 5.41) is 18.8. The van der Waals surface area contributed by atoms with Gasteiger partial charge in [-0.25, -0.2) is 0 Å². The van der Waals surface area contributed by atoms with Gasteiger partial charge in [-0.15, -0.1) is 0 Å². The summed E-state index contributed by atoms with van der Waals surface area (Å²) < 4.78 is 0. The van der Waals surface area contributed by atoms with Crippen molar-refractivity contribution in [2.75, 3.05) is 6.54 Å². The van der Waals surface area contributed by atoms with Gasteiger partial charge < -0.3 is 15.9 Å². The first kappa shape index (κ1) is 11.8. The summed E-state index contributed by atoms with van der Waals surface area (Å²) in [7, 11) is 0. The summed E-state index contributed by atoms with van der Waals surface area (Å²) in [6.45, 7) is 1.39. The van der Waals surface area contributed by atoms with Crippen LogP contribution in [0.2, 0.25) is 0 Å². The van der Waals surface area contributed by atoms with E-state index in [0.717, 1.165) is 0 Å². The van der Waals surface area contributed by atoms with Gasteiger partial charge in [-0.3, -0.25) is 9.78 Å². The molecule has 1 heterocycles. The number of carbonyl (C=O) groups excluding carboxylic acids is 1. The zero-order chi connectivity index (χ0) is 11.4. The third kappa shape index (κ3) is 2.82. The molecule has 2 atom stereocenters. The van der Waals surface area contributed by atoms with Gasteiger partial charge >= 0.3 is 0 Å². The van der Waals surface area contributed by atoms with E-state index in [4.69, 9.17) is 5.73 Å². The van der Waals surface area contributed by atoms with Crippen LogP contribution >= 0.6 is 0 Å². The highest BCUT2D eigenvalue weighted by Gasteiger charge is 2.17. The van der Waals surface area contributed by atoms with E-state index >= 15 is 0 Å². The molecule has 0 saturated carbocycles. The van der Waals surface area contributed by atoms with Gasteiger partial charge in [0.1, 0.15) is 6.10 Å². The van der Waals surface area contributed by atoms with Crippen LogP contribution in [0.4, 0.5) is 0 Å². The van der Waals surface area contributed by atoms with Crippen LogP contribution in [0, 0.1) is 0 Å². The zero-order valence-electron chi connectivity index (χ0n) is 8.42. The summed E-state index contributed by atoms with van der Waals surface area (Å²) in [5.41, 5.74) is 5.97. The molecule has 0 aliphatic rings. The second-order valence-corrected chi connectivity index (χ2v) is 3.28. The highest BCUT2D eigenvalue weighted by atomic mass is 16.3. The lowest BCUT2D eigenvalue weighted by Crippen LogP contribution is -2.27. The Bertz CT molecular complexity index is 337. The van der Waals surface area contributed by atoms with Gasteiger partial charge in [-0.05, 0) is 19.1 Å². The molecule has 0 amide bonds. The van der Waals surface area contributed by atoms with Crippen molar-refractivity contribution in [1.82, 2.24) is 4.98 Å². The molecular formula is C10H14N2O3. The van der Waals surface area contributed by atoms with Crippen molar-refractivity contribution in [1.29, 1.82) is 0 Å². The average Bonchev–Trinajstić information content (AvgIpc) is 2.27. The van der Waals surface area contributed by atoms with Crippen LogP contribution < -0.4 is 5.73 Å². The molecule has 15 heavy (non-hydrogen) atoms. The molecule has 2 unspecified atom stereocenters. The number of ketones is 1. The van der Waals surface area contributed by atoms with Crippen molar-refractivity contribution in [2.24, 2.45) is 5.73 Å². The number of rotatable bonds is 4. The normalized spacial score (nSPS) is 14.7. The fourth-order valence-electron chi connectivity index (χ4n) is 1.11. The Morgan fingerprint density at radius 3 is 2.60 bits per heavy atom. The van der Waals surface area contributed by atoms with Crippen molar-refractivity contribution < 1.29 is 15.0 Å². The topological polar surface area (TPSA) is 96.4 Å². The number of nitrogens with two attached hydrogens (primary N) is 1. The molecule has 0 spiro atoms. The van der Waals surface area contributed by atoms with E-state index < -0.39 is 12.2 Å². The second kappa shape index (κ2) is 4.97. The van der Waals surface area contributed by atoms with Crippen molar-refractivity contribution in [2.45, 2.75) is 19.1 Å². The average molecular weight is 210 g/mol. The van der Waals surface area contributed by atoms with Crippen LogP contribution in [0.15, 0.2) is 18.3 Å². The zero-order valence-corrected chi connectivity index (χ0v) is 8.42. The highest BCUT2D eigenvalue weighted by molar-refractivity contribution is 5.93. The van der Waals surface area contributed by atoms with Crippen LogP contribution in [0.25, 0.3) is 0 Å². The van der Waals surface area contributed by atoms with Crippen LogP contribution in [-0.2, 0) is 0 Å². The maximum Gasteiger partial charge on any atom is 0.161 e. The first-order valence-corrected chi connectivity index (χ1v) is 4.59. The number of Topliss-reactive ketones (excluding diaryl/α,β-unsaturated/α-hetero) is 1. The third-order valence-electron chi connectivity index (χ3n) is 2.10. The summed E-state index contributed by atoms with van der Waals surface area (Å²) >= 11 is 0. The van der Waals surface area contributed by atoms with E-state index in [9.17, 15) is 15.0 Å². The number of hydrogen-bond acceptors (Lipinski definition) is 5. The summed E-state index contributed by atoms with van der Waals surface area (Å²) in [5.74, 6) is -0.0945. The minimum absolute atomic E-state index is 0.0443. The molecule has 0 saturated heterocycles. The molecule has 1 rings (SSSR count). The van der Waals surface area contributed by atoms with Gasteiger partial charge in [0.25, 0.3) is 0 Å². The number of aromatic nitrogens is 1. The Kier molecular flexibility index (Phi) is 3.90. The predicted molar refractivity (Wildman–Crippen MR) is 54.3 cm³/mol. The SMILES string of the molecule is CC(=O)c1ccc(C(O)C(O)CN)nc1. The summed E-state index contributed by atoms with van der Waals surface area (Å²) in [4.78, 5) is 14.8. The van der Waals surface area contributed by atoms with E-state index in [-0.39, 0.29) is 12.3 Å². The Morgan fingerprint density at radius 2 is 2.20 bits per heavy atom. The first-order chi connectivity index (χ1) is 7.06. The van der Waals surface area contributed by atoms with E-state index in [1.807, 2.05) is 0 Å². The molecule has 0 fully saturated rings. The Morgan fingerprint density at radius 1 is 1.53 bits per heavy atom. The van der Waals surface area contributed by atoms with E-state index in [1.165, 1.54) is 19.2 Å². The molecule has 0 bridgehead atoms. The van der Waals surface area contributed by atoms with E-state index in [1.54, 1.807) is 6.07 Å². The standard InChI is InChI=1S/C10H14N2O3/c1-6(13)7-2-3-8(12-5-7)10(15)9(14)4-11/h2-3,5,9-10,14-15H,4,11H2,1H3. The maximum absolute atomic E-state index is 10.9. The van der Waals surface area contributed by atoms with Crippen molar-refractivity contribution in [3.8, 4) is 0 Å². The molecule has 1 aromatic heterocycles. The molecule has 4 N–H and O–H groups in total. The smallest absolute Gasteiger partial charge is 0.161 e. The molecular weight excluding hydrogens is 196 g/mol. The van der Waals surface area contributed by atoms with Crippen LogP contribution in [0.5, 0.6) is 0 Å². The summed E-state index contributed by atoms with van der Waals surface area (Å²) in [6, 6.07) is 3.05. The number of aliphatic hydroxyl groups excluding tert-OH is 2. The number of pyridine rings is 1. The molecule has 82 valence electrons. The number of carbonyl (C=O) groups is 1. The largest absolute Gasteiger partial charge is 0.389 e. The molecule has 0 radical (unpaired) electrons. The molecule has 0 aromatic carbocycles. The third-order valence-corrected chi connectivity index (χ3v) is 2.10. The van der Waals surface area contributed by atoms with Gasteiger partial charge in [-0.1, -0.05) is 0 Å². The molecule has 0 aliphatic carbocycles. The lowest BCUT2D eigenvalue weighted by atomic mass is 10.1. The van der Waals surface area contributed by atoms with Crippen LogP contribution in [0.1, 0.15) is 29.1 Å². The lowest BCUT2D eigenvalue weighted by Gasteiger charge is -2.15. The number of nitrogens with zero attached hydrogens (tertiary/aromatic N) is 1. The number of aliphatic hydroxyl groups is 2. The number of hydrogen-bond donors (Lipinski definition) is 3. The Labute approximate surface area is 87.6 Å². The summed E-state index contributed by atoms with van der Waals surface area (Å²) in [6.07, 6.45) is -0.791. The van der Waals surface area contributed by atoms with Gasteiger partial charge in [0, 0.05) is 18.3 Å². The first-order valence-electron chi connectivity index (χ1n) is 4.59. The molecule has 5 heteroatoms. The molecule has 1 aromatic rings. The van der Waals surface area contributed by atoms with E-state index in [0.29, 0.717) is 11.3 Å². The monoisotopic (exact) mass is 210 g/mol. The lowest BCUT2D eigenvalue weighted by molar-refractivity contribution is 0.0217. The fraction of sp³-hybridized carbons (Fsp3) is 0.400. The van der Waals surface area contributed by atoms with Crippen molar-refractivity contribution in [3.05, 3.63) is 29.6 Å². The highest BCUT2D eigenvalue weighted by Crippen LogP contribution is 2.14. The maximum atomic E-state index is 10.9. The van der Waals surface area contributed by atoms with Crippen LogP contribution in [0.3, 0.4) is 0 Å². The minimum Gasteiger partial charge on any atom is -0.389 e. The molecule has 0 aliphatic heterocycles. The molecule has 5 nitrogen and oxygen atoms in total. The quantitative estimate of drug-likeness (QED) is 0.589. The second-order valence-electron chi connectivity index (χ2n) is 3.28. The van der Waals surface area contributed by atoms with Crippen molar-refractivity contribution in [3.63, 3.8) is 0 Å². The van der Waals surface area contributed by atoms with Crippen molar-refractivity contribution >= 4 is 5.78 Å². The predicted octanol–water partition coefficient (Wildman–Crippen LogP) is -0.363. The Balaban J connectivity index is 2.84. The fourth-order valence-corrected chi connectivity index (χ4v) is 1.11. The van der Waals surface area contributed by atoms with Gasteiger partial charge in [0.05, 0.1) is 11.8 Å². The van der Waals surface area contributed by atoms with Gasteiger partial charge in [0.2, 0.25) is 0 Å². The minimum atomic E-state index is -1.11. The van der Waals surface area contributed by atoms with E-state index in [2.05, 4.69) is 4.98 Å². The Hall–Kier alpha value is -1.30. The van der Waals surface area contributed by atoms with Gasteiger partial charge in [-0.2, -0.15) is 0 Å². The van der Waals surface area contributed by atoms with Crippen LogP contribution in [-0.4, -0.2) is 33.6 Å².